The van der Waals surface area contributed by atoms with Gasteiger partial charge >= 0.3 is 0 Å². The monoisotopic (exact) mass is 339 g/mol. The molecule has 3 aromatic rings. The van der Waals surface area contributed by atoms with E-state index in [0.29, 0.717) is 18.0 Å². The zero-order valence-electron chi connectivity index (χ0n) is 14.2. The molecule has 0 aliphatic rings. The number of fused-ring (bicyclic) bond motifs is 2. The molecule has 7 nitrogen and oxygen atoms in total. The van der Waals surface area contributed by atoms with E-state index < -0.39 is 11.9 Å². The molecule has 0 saturated heterocycles. The third-order valence-corrected chi connectivity index (χ3v) is 3.92. The first-order valence-corrected chi connectivity index (χ1v) is 8.25. The minimum absolute atomic E-state index is 0.148. The minimum atomic E-state index is -1.25. The molecule has 0 saturated carbocycles. The van der Waals surface area contributed by atoms with Crippen molar-refractivity contribution in [2.45, 2.75) is 39.7 Å². The normalized spacial score (nSPS) is 11.1. The molecule has 1 N–H and O–H groups in total. The summed E-state index contributed by atoms with van der Waals surface area (Å²) in [5.74, 6) is -1.25. The molecule has 130 valence electrons. The zero-order valence-corrected chi connectivity index (χ0v) is 14.2. The SMILES string of the molecule is CCCn1nc(NC(=O)CCC(=O)[O-])c2cc3cc(C)ccc3nc21. The van der Waals surface area contributed by atoms with Crippen LogP contribution in [0.1, 0.15) is 31.7 Å². The van der Waals surface area contributed by atoms with Gasteiger partial charge < -0.3 is 15.2 Å². The molecule has 7 heteroatoms. The van der Waals surface area contributed by atoms with E-state index >= 15 is 0 Å². The fourth-order valence-corrected chi connectivity index (χ4v) is 2.75. The number of carbonyl (C=O) groups excluding carboxylic acids is 2. The number of hydrogen-bond donors (Lipinski definition) is 1. The Morgan fingerprint density at radius 3 is 2.76 bits per heavy atom. The summed E-state index contributed by atoms with van der Waals surface area (Å²) < 4.78 is 1.77. The number of carboxylic acids is 1. The van der Waals surface area contributed by atoms with E-state index in [-0.39, 0.29) is 12.8 Å². The third-order valence-electron chi connectivity index (χ3n) is 3.92. The van der Waals surface area contributed by atoms with Gasteiger partial charge in [0.05, 0.1) is 10.9 Å². The number of aliphatic carboxylic acids is 1. The maximum atomic E-state index is 12.0. The predicted octanol–water partition coefficient (Wildman–Crippen LogP) is 1.77. The van der Waals surface area contributed by atoms with Gasteiger partial charge in [0.2, 0.25) is 5.91 Å². The van der Waals surface area contributed by atoms with Crippen LogP contribution < -0.4 is 10.4 Å². The van der Waals surface area contributed by atoms with Gasteiger partial charge in [-0.05, 0) is 38.0 Å². The van der Waals surface area contributed by atoms with E-state index in [1.54, 1.807) is 4.68 Å². The van der Waals surface area contributed by atoms with Gasteiger partial charge in [0.1, 0.15) is 0 Å². The second-order valence-corrected chi connectivity index (χ2v) is 6.05. The van der Waals surface area contributed by atoms with Crippen molar-refractivity contribution in [2.75, 3.05) is 5.32 Å². The largest absolute Gasteiger partial charge is 0.550 e. The number of aromatic nitrogens is 3. The number of amides is 1. The third kappa shape index (κ3) is 3.60. The average Bonchev–Trinajstić information content (AvgIpc) is 2.88. The summed E-state index contributed by atoms with van der Waals surface area (Å²) in [5, 5.41) is 19.4. The molecule has 0 spiro atoms. The van der Waals surface area contributed by atoms with E-state index in [4.69, 9.17) is 0 Å². The Labute approximate surface area is 144 Å². The number of pyridine rings is 1. The molecule has 2 heterocycles. The van der Waals surface area contributed by atoms with Crippen molar-refractivity contribution in [1.82, 2.24) is 14.8 Å². The first-order chi connectivity index (χ1) is 12.0. The summed E-state index contributed by atoms with van der Waals surface area (Å²) in [5.41, 5.74) is 2.69. The van der Waals surface area contributed by atoms with E-state index in [9.17, 15) is 14.7 Å². The van der Waals surface area contributed by atoms with Crippen molar-refractivity contribution in [3.63, 3.8) is 0 Å². The predicted molar refractivity (Wildman–Crippen MR) is 92.9 cm³/mol. The highest BCUT2D eigenvalue weighted by atomic mass is 16.4. The number of benzene rings is 1. The van der Waals surface area contributed by atoms with Crippen molar-refractivity contribution in [3.8, 4) is 0 Å². The number of aryl methyl sites for hydroxylation is 2. The highest BCUT2D eigenvalue weighted by Crippen LogP contribution is 2.26. The van der Waals surface area contributed by atoms with E-state index in [1.807, 2.05) is 38.1 Å². The van der Waals surface area contributed by atoms with Crippen molar-refractivity contribution in [1.29, 1.82) is 0 Å². The molecule has 3 rings (SSSR count). The highest BCUT2D eigenvalue weighted by molar-refractivity contribution is 6.03. The number of nitrogens with zero attached hydrogens (tertiary/aromatic N) is 3. The number of rotatable bonds is 6. The maximum Gasteiger partial charge on any atom is 0.225 e. The number of anilines is 1. The van der Waals surface area contributed by atoms with Crippen LogP contribution in [0, 0.1) is 6.92 Å². The van der Waals surface area contributed by atoms with E-state index in [2.05, 4.69) is 15.4 Å². The Kier molecular flexibility index (Phi) is 4.65. The Hall–Kier alpha value is -2.96. The van der Waals surface area contributed by atoms with Crippen LogP contribution in [0.15, 0.2) is 24.3 Å². The summed E-state index contributed by atoms with van der Waals surface area (Å²) in [6.07, 6.45) is 0.410. The smallest absolute Gasteiger partial charge is 0.225 e. The van der Waals surface area contributed by atoms with Crippen molar-refractivity contribution in [3.05, 3.63) is 29.8 Å². The first-order valence-electron chi connectivity index (χ1n) is 8.25. The molecule has 0 bridgehead atoms. The Morgan fingerprint density at radius 1 is 1.24 bits per heavy atom. The summed E-state index contributed by atoms with van der Waals surface area (Å²) in [4.78, 5) is 27.2. The zero-order chi connectivity index (χ0) is 18.0. The molecule has 0 aliphatic heterocycles. The molecule has 1 amide bonds. The van der Waals surface area contributed by atoms with Crippen molar-refractivity contribution >= 4 is 39.6 Å². The quantitative estimate of drug-likeness (QED) is 0.738. The Morgan fingerprint density at radius 2 is 2.04 bits per heavy atom. The molecule has 0 atom stereocenters. The van der Waals surface area contributed by atoms with Crippen LogP contribution in [0.5, 0.6) is 0 Å². The molecular formula is C18H19N4O3-. The van der Waals surface area contributed by atoms with Gasteiger partial charge in [-0.1, -0.05) is 18.6 Å². The van der Waals surface area contributed by atoms with Crippen LogP contribution in [-0.2, 0) is 16.1 Å². The number of carboxylic acid groups (broad SMARTS) is 1. The van der Waals surface area contributed by atoms with Crippen LogP contribution in [0.3, 0.4) is 0 Å². The summed E-state index contributed by atoms with van der Waals surface area (Å²) >= 11 is 0. The lowest BCUT2D eigenvalue weighted by Crippen LogP contribution is -2.24. The van der Waals surface area contributed by atoms with Crippen LogP contribution >= 0.6 is 0 Å². The van der Waals surface area contributed by atoms with Crippen LogP contribution in [0.4, 0.5) is 5.82 Å². The number of carbonyl (C=O) groups is 2. The number of hydrogen-bond acceptors (Lipinski definition) is 5. The molecule has 0 radical (unpaired) electrons. The van der Waals surface area contributed by atoms with Gasteiger partial charge in [0.15, 0.2) is 11.5 Å². The standard InChI is InChI=1S/C18H20N4O3/c1-3-8-22-18-13(10-12-9-11(2)4-5-14(12)19-18)17(21-22)20-15(23)6-7-16(24)25/h4-5,9-10H,3,6-8H2,1-2H3,(H,24,25)(H,20,21,23)/p-1. The molecule has 0 unspecified atom stereocenters. The molecule has 0 fully saturated rings. The molecular weight excluding hydrogens is 320 g/mol. The Balaban J connectivity index is 2.04. The van der Waals surface area contributed by atoms with Crippen molar-refractivity contribution < 1.29 is 14.7 Å². The second kappa shape index (κ2) is 6.88. The van der Waals surface area contributed by atoms with Crippen LogP contribution in [-0.4, -0.2) is 26.6 Å². The van der Waals surface area contributed by atoms with Gasteiger partial charge in [0.25, 0.3) is 0 Å². The maximum absolute atomic E-state index is 12.0. The van der Waals surface area contributed by atoms with Gasteiger partial charge in [-0.25, -0.2) is 9.67 Å². The van der Waals surface area contributed by atoms with Gasteiger partial charge in [-0.15, -0.1) is 0 Å². The lowest BCUT2D eigenvalue weighted by Gasteiger charge is -2.04. The van der Waals surface area contributed by atoms with E-state index in [0.717, 1.165) is 28.3 Å². The molecule has 2 aromatic heterocycles. The van der Waals surface area contributed by atoms with Gasteiger partial charge in [-0.3, -0.25) is 4.79 Å². The second-order valence-electron chi connectivity index (χ2n) is 6.05. The first kappa shape index (κ1) is 16.9. The molecule has 25 heavy (non-hydrogen) atoms. The van der Waals surface area contributed by atoms with E-state index in [1.165, 1.54) is 0 Å². The summed E-state index contributed by atoms with van der Waals surface area (Å²) in [7, 11) is 0. The summed E-state index contributed by atoms with van der Waals surface area (Å²) in [6.45, 7) is 4.72. The average molecular weight is 339 g/mol. The van der Waals surface area contributed by atoms with Gasteiger partial charge in [0, 0.05) is 24.3 Å². The fraction of sp³-hybridized carbons (Fsp3) is 0.333. The fourth-order valence-electron chi connectivity index (χ4n) is 2.75. The highest BCUT2D eigenvalue weighted by Gasteiger charge is 2.15. The minimum Gasteiger partial charge on any atom is -0.550 e. The molecule has 1 aromatic carbocycles. The lowest BCUT2D eigenvalue weighted by atomic mass is 10.1. The lowest BCUT2D eigenvalue weighted by molar-refractivity contribution is -0.305. The van der Waals surface area contributed by atoms with Crippen molar-refractivity contribution in [2.24, 2.45) is 0 Å². The summed E-state index contributed by atoms with van der Waals surface area (Å²) in [6, 6.07) is 7.95. The van der Waals surface area contributed by atoms with Crippen LogP contribution in [0.2, 0.25) is 0 Å². The molecule has 0 aliphatic carbocycles. The topological polar surface area (TPSA) is 99.9 Å². The Bertz CT molecular complexity index is 962. The van der Waals surface area contributed by atoms with Gasteiger partial charge in [-0.2, -0.15) is 5.10 Å². The number of nitrogens with one attached hydrogen (secondary N) is 1. The van der Waals surface area contributed by atoms with Crippen LogP contribution in [0.25, 0.3) is 21.9 Å².